The van der Waals surface area contributed by atoms with Crippen molar-refractivity contribution in [1.82, 2.24) is 5.32 Å². The summed E-state index contributed by atoms with van der Waals surface area (Å²) in [6.07, 6.45) is 6.61. The molecule has 0 heterocycles. The van der Waals surface area contributed by atoms with Gasteiger partial charge in [-0.05, 0) is 54.9 Å². The van der Waals surface area contributed by atoms with Gasteiger partial charge < -0.3 is 10.4 Å². The molecule has 0 bridgehead atoms. The molecule has 110 valence electrons. The minimum absolute atomic E-state index is 0.416. The Kier molecular flexibility index (Phi) is 4.21. The first kappa shape index (κ1) is 14.6. The van der Waals surface area contributed by atoms with Gasteiger partial charge in [0.05, 0.1) is 5.60 Å². The van der Waals surface area contributed by atoms with E-state index in [1.807, 2.05) is 0 Å². The average molecular weight is 338 g/mol. The molecule has 0 saturated heterocycles. The van der Waals surface area contributed by atoms with Gasteiger partial charge in [0.1, 0.15) is 0 Å². The topological polar surface area (TPSA) is 32.3 Å². The third-order valence-corrected chi connectivity index (χ3v) is 5.42. The van der Waals surface area contributed by atoms with E-state index in [1.54, 1.807) is 0 Å². The molecule has 3 heteroatoms. The summed E-state index contributed by atoms with van der Waals surface area (Å²) in [5.41, 5.74) is 2.37. The molecule has 3 rings (SSSR count). The second-order valence-electron chi connectivity index (χ2n) is 6.74. The summed E-state index contributed by atoms with van der Waals surface area (Å²) in [4.78, 5) is 0. The minimum Gasteiger partial charge on any atom is -0.389 e. The molecular formula is C17H24BrNO. The van der Waals surface area contributed by atoms with E-state index in [9.17, 15) is 5.11 Å². The van der Waals surface area contributed by atoms with E-state index in [4.69, 9.17) is 0 Å². The van der Waals surface area contributed by atoms with Gasteiger partial charge >= 0.3 is 0 Å². The van der Waals surface area contributed by atoms with Gasteiger partial charge in [0.15, 0.2) is 0 Å². The number of hydrogen-bond acceptors (Lipinski definition) is 2. The maximum absolute atomic E-state index is 10.7. The third kappa shape index (κ3) is 3.10. The van der Waals surface area contributed by atoms with Gasteiger partial charge in [-0.2, -0.15) is 0 Å². The first-order chi connectivity index (χ1) is 9.56. The van der Waals surface area contributed by atoms with Gasteiger partial charge in [-0.25, -0.2) is 0 Å². The molecule has 3 atom stereocenters. The number of aryl methyl sites for hydroxylation is 1. The molecule has 0 radical (unpaired) electrons. The monoisotopic (exact) mass is 337 g/mol. The lowest BCUT2D eigenvalue weighted by Crippen LogP contribution is -2.44. The fourth-order valence-corrected chi connectivity index (χ4v) is 4.31. The van der Waals surface area contributed by atoms with Crippen LogP contribution in [0.4, 0.5) is 0 Å². The van der Waals surface area contributed by atoms with Gasteiger partial charge in [-0.3, -0.25) is 0 Å². The first-order valence-electron chi connectivity index (χ1n) is 7.80. The number of rotatable bonds is 3. The van der Waals surface area contributed by atoms with E-state index in [2.05, 4.69) is 46.4 Å². The first-order valence-corrected chi connectivity index (χ1v) is 8.59. The van der Waals surface area contributed by atoms with Gasteiger partial charge in [0.2, 0.25) is 0 Å². The largest absolute Gasteiger partial charge is 0.389 e. The summed E-state index contributed by atoms with van der Waals surface area (Å²) in [6.45, 7) is 2.99. The van der Waals surface area contributed by atoms with Crippen LogP contribution in [0.5, 0.6) is 0 Å². The summed E-state index contributed by atoms with van der Waals surface area (Å²) in [7, 11) is 0. The van der Waals surface area contributed by atoms with Crippen molar-refractivity contribution in [1.29, 1.82) is 0 Å². The van der Waals surface area contributed by atoms with Crippen molar-refractivity contribution in [3.63, 3.8) is 0 Å². The summed E-state index contributed by atoms with van der Waals surface area (Å²) in [5.74, 6) is 0.655. The van der Waals surface area contributed by atoms with E-state index in [-0.39, 0.29) is 0 Å². The lowest BCUT2D eigenvalue weighted by molar-refractivity contribution is -0.0137. The lowest BCUT2D eigenvalue weighted by atomic mass is 9.79. The predicted molar refractivity (Wildman–Crippen MR) is 85.8 cm³/mol. The summed E-state index contributed by atoms with van der Waals surface area (Å²) >= 11 is 3.54. The van der Waals surface area contributed by atoms with Crippen LogP contribution in [0.3, 0.4) is 0 Å². The highest BCUT2D eigenvalue weighted by molar-refractivity contribution is 9.10. The molecular weight excluding hydrogens is 314 g/mol. The lowest BCUT2D eigenvalue weighted by Gasteiger charge is -2.36. The van der Waals surface area contributed by atoms with Gasteiger partial charge in [-0.1, -0.05) is 41.8 Å². The quantitative estimate of drug-likeness (QED) is 0.874. The number of halogens is 1. The number of fused-ring (bicyclic) bond motifs is 1. The molecule has 1 aromatic carbocycles. The highest BCUT2D eigenvalue weighted by atomic mass is 79.9. The Bertz CT molecular complexity index is 490. The zero-order valence-electron chi connectivity index (χ0n) is 12.2. The van der Waals surface area contributed by atoms with Crippen LogP contribution in [0.15, 0.2) is 22.7 Å². The molecule has 0 spiro atoms. The van der Waals surface area contributed by atoms with Crippen molar-refractivity contribution in [2.45, 2.75) is 57.1 Å². The molecule has 0 aromatic heterocycles. The molecule has 0 amide bonds. The zero-order valence-corrected chi connectivity index (χ0v) is 13.7. The molecule has 20 heavy (non-hydrogen) atoms. The van der Waals surface area contributed by atoms with Crippen molar-refractivity contribution >= 4 is 15.9 Å². The van der Waals surface area contributed by atoms with Crippen LogP contribution in [-0.4, -0.2) is 17.3 Å². The third-order valence-electron chi connectivity index (χ3n) is 4.93. The number of benzene rings is 1. The average Bonchev–Trinajstić information content (AvgIpc) is 2.78. The van der Waals surface area contributed by atoms with Crippen LogP contribution < -0.4 is 5.32 Å². The Morgan fingerprint density at radius 2 is 2.25 bits per heavy atom. The Labute approximate surface area is 130 Å². The van der Waals surface area contributed by atoms with Gasteiger partial charge in [0.25, 0.3) is 0 Å². The molecule has 2 N–H and O–H groups in total. The predicted octanol–water partition coefficient (Wildman–Crippen LogP) is 3.97. The zero-order chi connectivity index (χ0) is 14.2. The molecule has 0 aliphatic heterocycles. The second kappa shape index (κ2) is 5.78. The van der Waals surface area contributed by atoms with Crippen molar-refractivity contribution in [3.8, 4) is 0 Å². The summed E-state index contributed by atoms with van der Waals surface area (Å²) in [5, 5.41) is 14.3. The van der Waals surface area contributed by atoms with Crippen LogP contribution in [0.1, 0.15) is 56.2 Å². The van der Waals surface area contributed by atoms with Crippen molar-refractivity contribution in [2.75, 3.05) is 6.54 Å². The van der Waals surface area contributed by atoms with E-state index >= 15 is 0 Å². The van der Waals surface area contributed by atoms with E-state index in [0.717, 1.165) is 43.1 Å². The summed E-state index contributed by atoms with van der Waals surface area (Å²) in [6, 6.07) is 6.99. The number of aliphatic hydroxyl groups is 1. The van der Waals surface area contributed by atoms with Crippen molar-refractivity contribution in [2.24, 2.45) is 5.92 Å². The number of hydrogen-bond donors (Lipinski definition) is 2. The molecule has 2 aliphatic rings. The summed E-state index contributed by atoms with van der Waals surface area (Å²) < 4.78 is 1.16. The standard InChI is InChI=1S/C17H24BrNO/c1-12-3-2-8-17(20,10-12)11-19-16-7-4-13-9-14(18)5-6-15(13)16/h5-6,9,12,16,19-20H,2-4,7-8,10-11H2,1H3. The fraction of sp³-hybridized carbons (Fsp3) is 0.647. The van der Waals surface area contributed by atoms with Crippen LogP contribution in [0.2, 0.25) is 0 Å². The molecule has 1 aromatic rings. The molecule has 3 unspecified atom stereocenters. The molecule has 1 saturated carbocycles. The Balaban J connectivity index is 1.63. The van der Waals surface area contributed by atoms with Crippen LogP contribution in [0.25, 0.3) is 0 Å². The van der Waals surface area contributed by atoms with E-state index in [0.29, 0.717) is 12.0 Å². The van der Waals surface area contributed by atoms with Crippen LogP contribution in [-0.2, 0) is 6.42 Å². The SMILES string of the molecule is CC1CCCC(O)(CNC2CCc3cc(Br)ccc32)C1. The van der Waals surface area contributed by atoms with Gasteiger partial charge in [-0.15, -0.1) is 0 Å². The minimum atomic E-state index is -0.490. The fourth-order valence-electron chi connectivity index (χ4n) is 3.90. The Morgan fingerprint density at radius 1 is 1.40 bits per heavy atom. The van der Waals surface area contributed by atoms with Gasteiger partial charge in [0, 0.05) is 17.1 Å². The Morgan fingerprint density at radius 3 is 3.05 bits per heavy atom. The molecule has 2 aliphatic carbocycles. The number of nitrogens with one attached hydrogen (secondary N) is 1. The molecule has 1 fully saturated rings. The van der Waals surface area contributed by atoms with E-state index < -0.39 is 5.60 Å². The van der Waals surface area contributed by atoms with Crippen LogP contribution in [0, 0.1) is 5.92 Å². The maximum Gasteiger partial charge on any atom is 0.0774 e. The smallest absolute Gasteiger partial charge is 0.0774 e. The second-order valence-corrected chi connectivity index (χ2v) is 7.66. The van der Waals surface area contributed by atoms with Crippen molar-refractivity contribution in [3.05, 3.63) is 33.8 Å². The molecule has 2 nitrogen and oxygen atoms in total. The maximum atomic E-state index is 10.7. The van der Waals surface area contributed by atoms with E-state index in [1.165, 1.54) is 17.5 Å². The highest BCUT2D eigenvalue weighted by Gasteiger charge is 2.33. The highest BCUT2D eigenvalue weighted by Crippen LogP contribution is 2.35. The normalized spacial score (nSPS) is 33.1. The Hall–Kier alpha value is -0.380. The van der Waals surface area contributed by atoms with Crippen LogP contribution >= 0.6 is 15.9 Å². The van der Waals surface area contributed by atoms with Crippen molar-refractivity contribution < 1.29 is 5.11 Å².